The molecule has 0 saturated heterocycles. The van der Waals surface area contributed by atoms with Gasteiger partial charge >= 0.3 is 0 Å². The number of hydrogen-bond donors (Lipinski definition) is 1. The van der Waals surface area contributed by atoms with Gasteiger partial charge in [-0.2, -0.15) is 0 Å². The molecular weight excluding hydrogens is 298 g/mol. The zero-order chi connectivity index (χ0) is 13.7. The molecule has 0 aliphatic heterocycles. The molecule has 1 unspecified atom stereocenters. The van der Waals surface area contributed by atoms with Crippen LogP contribution in [0.4, 0.5) is 5.69 Å². The molecule has 1 aromatic carbocycles. The topological polar surface area (TPSA) is 63.4 Å². The van der Waals surface area contributed by atoms with Crippen LogP contribution in [-0.4, -0.2) is 16.1 Å². The number of aryl methyl sites for hydroxylation is 1. The van der Waals surface area contributed by atoms with Gasteiger partial charge in [-0.15, -0.1) is 0 Å². The summed E-state index contributed by atoms with van der Waals surface area (Å²) in [6, 6.07) is 4.74. The van der Waals surface area contributed by atoms with E-state index in [0.717, 1.165) is 16.5 Å². The van der Waals surface area contributed by atoms with E-state index in [1.165, 1.54) is 12.1 Å². The Morgan fingerprint density at radius 3 is 2.61 bits per heavy atom. The zero-order valence-corrected chi connectivity index (χ0v) is 12.2. The van der Waals surface area contributed by atoms with E-state index in [2.05, 4.69) is 29.8 Å². The van der Waals surface area contributed by atoms with Gasteiger partial charge in [-0.05, 0) is 30.7 Å². The van der Waals surface area contributed by atoms with E-state index in [0.29, 0.717) is 18.8 Å². The number of rotatable bonds is 6. The summed E-state index contributed by atoms with van der Waals surface area (Å²) in [5, 5.41) is 20.4. The van der Waals surface area contributed by atoms with Gasteiger partial charge in [-0.3, -0.25) is 10.1 Å². The molecule has 1 aromatic rings. The molecule has 0 aromatic heterocycles. The Kier molecular flexibility index (Phi) is 5.75. The van der Waals surface area contributed by atoms with Crippen molar-refractivity contribution in [3.63, 3.8) is 0 Å². The maximum absolute atomic E-state index is 10.6. The first-order chi connectivity index (χ1) is 8.40. The number of non-ortho nitro benzene ring substituents is 1. The van der Waals surface area contributed by atoms with Gasteiger partial charge in [0, 0.05) is 16.6 Å². The Bertz CT molecular complexity index is 421. The third-order valence-electron chi connectivity index (χ3n) is 2.74. The molecule has 4 nitrogen and oxygen atoms in total. The molecule has 0 amide bonds. The number of aliphatic hydroxyl groups excluding tert-OH is 1. The molecule has 100 valence electrons. The van der Waals surface area contributed by atoms with Crippen molar-refractivity contribution in [2.24, 2.45) is 5.92 Å². The fraction of sp³-hybridized carbons (Fsp3) is 0.538. The lowest BCUT2D eigenvalue weighted by Gasteiger charge is -2.13. The summed E-state index contributed by atoms with van der Waals surface area (Å²) < 4.78 is 0.730. The van der Waals surface area contributed by atoms with Crippen molar-refractivity contribution in [2.75, 3.05) is 0 Å². The highest BCUT2D eigenvalue weighted by molar-refractivity contribution is 9.10. The smallest absolute Gasteiger partial charge is 0.270 e. The molecule has 0 heterocycles. The molecule has 1 rings (SSSR count). The van der Waals surface area contributed by atoms with Crippen molar-refractivity contribution in [1.82, 2.24) is 0 Å². The molecule has 0 bridgehead atoms. The fourth-order valence-electron chi connectivity index (χ4n) is 1.84. The summed E-state index contributed by atoms with van der Waals surface area (Å²) in [6.45, 7) is 4.15. The largest absolute Gasteiger partial charge is 0.393 e. The van der Waals surface area contributed by atoms with Crippen LogP contribution >= 0.6 is 15.9 Å². The number of nitro benzene ring substituents is 1. The van der Waals surface area contributed by atoms with Crippen molar-refractivity contribution in [2.45, 2.75) is 39.2 Å². The van der Waals surface area contributed by atoms with Gasteiger partial charge in [0.2, 0.25) is 0 Å². The highest BCUT2D eigenvalue weighted by atomic mass is 79.9. The number of nitro groups is 1. The van der Waals surface area contributed by atoms with E-state index in [9.17, 15) is 15.2 Å². The van der Waals surface area contributed by atoms with E-state index in [1.54, 1.807) is 6.07 Å². The first-order valence-corrected chi connectivity index (χ1v) is 6.80. The van der Waals surface area contributed by atoms with Gasteiger partial charge in [0.25, 0.3) is 5.69 Å². The Morgan fingerprint density at radius 1 is 1.44 bits per heavy atom. The minimum absolute atomic E-state index is 0.0772. The SMILES string of the molecule is CC(C)CC(O)CCc1ccc([N+](=O)[O-])cc1Br. The van der Waals surface area contributed by atoms with E-state index < -0.39 is 4.92 Å². The van der Waals surface area contributed by atoms with E-state index in [4.69, 9.17) is 0 Å². The number of halogens is 1. The summed E-state index contributed by atoms with van der Waals surface area (Å²) in [4.78, 5) is 10.2. The van der Waals surface area contributed by atoms with Crippen LogP contribution in [0.5, 0.6) is 0 Å². The van der Waals surface area contributed by atoms with Crippen molar-refractivity contribution in [3.8, 4) is 0 Å². The molecule has 1 atom stereocenters. The quantitative estimate of drug-likeness (QED) is 0.643. The molecule has 18 heavy (non-hydrogen) atoms. The maximum Gasteiger partial charge on any atom is 0.270 e. The summed E-state index contributed by atoms with van der Waals surface area (Å²) in [6.07, 6.45) is 1.86. The monoisotopic (exact) mass is 315 g/mol. The molecule has 0 fully saturated rings. The predicted octanol–water partition coefficient (Wildman–Crippen LogP) is 3.70. The van der Waals surface area contributed by atoms with Gasteiger partial charge in [0.1, 0.15) is 0 Å². The normalized spacial score (nSPS) is 12.7. The van der Waals surface area contributed by atoms with Crippen LogP contribution in [0.2, 0.25) is 0 Å². The lowest BCUT2D eigenvalue weighted by atomic mass is 10.00. The molecule has 0 saturated carbocycles. The lowest BCUT2D eigenvalue weighted by molar-refractivity contribution is -0.384. The Morgan fingerprint density at radius 2 is 2.11 bits per heavy atom. The summed E-state index contributed by atoms with van der Waals surface area (Å²) in [5.74, 6) is 0.473. The lowest BCUT2D eigenvalue weighted by Crippen LogP contribution is -2.11. The van der Waals surface area contributed by atoms with Crippen molar-refractivity contribution in [1.29, 1.82) is 0 Å². The predicted molar refractivity (Wildman–Crippen MR) is 74.6 cm³/mol. The Hall–Kier alpha value is -0.940. The molecule has 0 spiro atoms. The summed E-state index contributed by atoms with van der Waals surface area (Å²) in [7, 11) is 0. The van der Waals surface area contributed by atoms with Crippen LogP contribution in [0.15, 0.2) is 22.7 Å². The van der Waals surface area contributed by atoms with Crippen molar-refractivity contribution in [3.05, 3.63) is 38.3 Å². The Balaban J connectivity index is 2.60. The fourth-order valence-corrected chi connectivity index (χ4v) is 2.40. The maximum atomic E-state index is 10.6. The number of hydrogen-bond acceptors (Lipinski definition) is 3. The van der Waals surface area contributed by atoms with Gasteiger partial charge in [-0.1, -0.05) is 35.8 Å². The van der Waals surface area contributed by atoms with Crippen LogP contribution in [0.25, 0.3) is 0 Å². The number of aliphatic hydroxyl groups is 1. The van der Waals surface area contributed by atoms with E-state index in [1.807, 2.05) is 0 Å². The van der Waals surface area contributed by atoms with Gasteiger partial charge in [0.15, 0.2) is 0 Å². The molecule has 5 heteroatoms. The average Bonchev–Trinajstić information content (AvgIpc) is 2.26. The summed E-state index contributed by atoms with van der Waals surface area (Å²) >= 11 is 3.33. The van der Waals surface area contributed by atoms with Crippen molar-refractivity contribution < 1.29 is 10.0 Å². The van der Waals surface area contributed by atoms with E-state index in [-0.39, 0.29) is 11.8 Å². The van der Waals surface area contributed by atoms with Gasteiger partial charge < -0.3 is 5.11 Å². The molecule has 0 aliphatic carbocycles. The molecule has 0 aliphatic rings. The standard InChI is InChI=1S/C13H18BrNO3/c1-9(2)7-12(16)6-4-10-3-5-11(15(17)18)8-13(10)14/h3,5,8-9,12,16H,4,6-7H2,1-2H3. The third kappa shape index (κ3) is 4.74. The van der Waals surface area contributed by atoms with E-state index >= 15 is 0 Å². The number of nitrogens with zero attached hydrogens (tertiary/aromatic N) is 1. The van der Waals surface area contributed by atoms with Gasteiger partial charge in [0.05, 0.1) is 11.0 Å². The molecule has 1 N–H and O–H groups in total. The second kappa shape index (κ2) is 6.85. The van der Waals surface area contributed by atoms with Crippen molar-refractivity contribution >= 4 is 21.6 Å². The average molecular weight is 316 g/mol. The molecular formula is C13H18BrNO3. The van der Waals surface area contributed by atoms with Crippen LogP contribution in [0.1, 0.15) is 32.3 Å². The van der Waals surface area contributed by atoms with Crippen LogP contribution in [0, 0.1) is 16.0 Å². The minimum atomic E-state index is -0.415. The summed E-state index contributed by atoms with van der Waals surface area (Å²) in [5.41, 5.74) is 1.07. The van der Waals surface area contributed by atoms with Crippen LogP contribution in [-0.2, 0) is 6.42 Å². The molecule has 0 radical (unpaired) electrons. The first-order valence-electron chi connectivity index (χ1n) is 6.01. The van der Waals surface area contributed by atoms with Gasteiger partial charge in [-0.25, -0.2) is 0 Å². The van der Waals surface area contributed by atoms with Crippen LogP contribution in [0.3, 0.4) is 0 Å². The zero-order valence-electron chi connectivity index (χ0n) is 10.6. The number of benzene rings is 1. The highest BCUT2D eigenvalue weighted by Gasteiger charge is 2.11. The second-order valence-electron chi connectivity index (χ2n) is 4.85. The van der Waals surface area contributed by atoms with Crippen LogP contribution < -0.4 is 0 Å². The Labute approximate surface area is 115 Å². The third-order valence-corrected chi connectivity index (χ3v) is 3.48. The second-order valence-corrected chi connectivity index (χ2v) is 5.71. The first kappa shape index (κ1) is 15.1. The highest BCUT2D eigenvalue weighted by Crippen LogP contribution is 2.24. The minimum Gasteiger partial charge on any atom is -0.393 e.